The molecule has 2 aromatic rings. The molecule has 0 aliphatic rings. The van der Waals surface area contributed by atoms with Crippen molar-refractivity contribution in [2.45, 2.75) is 59.4 Å². The van der Waals surface area contributed by atoms with Gasteiger partial charge in [0.25, 0.3) is 0 Å². The van der Waals surface area contributed by atoms with E-state index in [2.05, 4.69) is 9.97 Å². The molecule has 0 atom stereocenters. The number of benzene rings is 1. The first-order valence-corrected chi connectivity index (χ1v) is 10.2. The van der Waals surface area contributed by atoms with Gasteiger partial charge in [-0.25, -0.2) is 14.0 Å². The molecule has 0 N–H and O–H groups in total. The van der Waals surface area contributed by atoms with Crippen molar-refractivity contribution in [3.8, 4) is 12.1 Å². The molecule has 0 radical (unpaired) electrons. The van der Waals surface area contributed by atoms with Crippen LogP contribution in [0.4, 0.5) is 19.8 Å². The molecule has 0 unspecified atom stereocenters. The van der Waals surface area contributed by atoms with Crippen LogP contribution in [0.1, 0.15) is 52.7 Å². The number of amides is 2. The van der Waals surface area contributed by atoms with E-state index >= 15 is 0 Å². The van der Waals surface area contributed by atoms with E-state index in [-0.39, 0.29) is 34.7 Å². The molecule has 1 aromatic heterocycles. The molecule has 2 amide bonds. The number of carbonyl (C=O) groups excluding carboxylic acids is 2. The average molecular weight is 479 g/mol. The summed E-state index contributed by atoms with van der Waals surface area (Å²) in [5.74, 6) is -0.908. The van der Waals surface area contributed by atoms with E-state index in [9.17, 15) is 14.0 Å². The zero-order valence-electron chi connectivity index (χ0n) is 19.1. The van der Waals surface area contributed by atoms with Crippen LogP contribution in [-0.4, -0.2) is 33.4 Å². The zero-order valence-corrected chi connectivity index (χ0v) is 19.9. The number of nitrogens with zero attached hydrogens (tertiary/aromatic N) is 4. The van der Waals surface area contributed by atoms with Crippen LogP contribution in [0, 0.1) is 17.1 Å². The number of ether oxygens (including phenoxy) is 3. The van der Waals surface area contributed by atoms with E-state index in [1.165, 1.54) is 12.1 Å². The molecule has 2 rings (SSSR count). The van der Waals surface area contributed by atoms with Gasteiger partial charge in [-0.3, -0.25) is 0 Å². The minimum Gasteiger partial charge on any atom is -0.458 e. The lowest BCUT2D eigenvalue weighted by molar-refractivity contribution is 0.0429. The summed E-state index contributed by atoms with van der Waals surface area (Å²) >= 11 is 6.05. The third-order valence-electron chi connectivity index (χ3n) is 3.58. The average Bonchev–Trinajstić information content (AvgIpc) is 2.63. The summed E-state index contributed by atoms with van der Waals surface area (Å²) in [5.41, 5.74) is -1.54. The lowest BCUT2D eigenvalue weighted by Crippen LogP contribution is -2.44. The summed E-state index contributed by atoms with van der Waals surface area (Å²) in [6.45, 7) is 9.49. The van der Waals surface area contributed by atoms with Crippen LogP contribution >= 0.6 is 11.6 Å². The third-order valence-corrected chi connectivity index (χ3v) is 3.77. The third kappa shape index (κ3) is 7.88. The van der Waals surface area contributed by atoms with Crippen LogP contribution in [0.2, 0.25) is 5.15 Å². The topological polar surface area (TPSA) is 115 Å². The number of imide groups is 1. The Labute approximate surface area is 196 Å². The molecule has 1 heterocycles. The van der Waals surface area contributed by atoms with Gasteiger partial charge in [-0.1, -0.05) is 17.7 Å². The number of aromatic nitrogens is 2. The van der Waals surface area contributed by atoms with Gasteiger partial charge in [-0.2, -0.15) is 20.1 Å². The Morgan fingerprint density at radius 3 is 2.12 bits per heavy atom. The molecule has 11 heteroatoms. The van der Waals surface area contributed by atoms with Gasteiger partial charge >= 0.3 is 18.2 Å². The first kappa shape index (κ1) is 25.8. The second-order valence-corrected chi connectivity index (χ2v) is 9.22. The minimum absolute atomic E-state index is 0.135. The first-order valence-electron chi connectivity index (χ1n) is 9.80. The van der Waals surface area contributed by atoms with Gasteiger partial charge in [0.1, 0.15) is 28.8 Å². The fraction of sp³-hybridized carbons (Fsp3) is 0.409. The molecule has 0 fully saturated rings. The molecule has 1 aromatic carbocycles. The molecule has 0 saturated carbocycles. The minimum atomic E-state index is -1.05. The highest BCUT2D eigenvalue weighted by Crippen LogP contribution is 2.25. The molecule has 9 nitrogen and oxygen atoms in total. The van der Waals surface area contributed by atoms with E-state index in [1.54, 1.807) is 41.5 Å². The van der Waals surface area contributed by atoms with Gasteiger partial charge < -0.3 is 14.2 Å². The SMILES string of the molecule is CC(C)(C)OC(=O)N(C(=O)OC(C)(C)C)c1cc(Cl)nc(OCc2ccc(C#N)cc2F)n1. The first-order chi connectivity index (χ1) is 15.2. The van der Waals surface area contributed by atoms with E-state index < -0.39 is 29.2 Å². The quantitative estimate of drug-likeness (QED) is 0.536. The maximum Gasteiger partial charge on any atom is 0.425 e. The highest BCUT2D eigenvalue weighted by atomic mass is 35.5. The fourth-order valence-electron chi connectivity index (χ4n) is 2.32. The summed E-state index contributed by atoms with van der Waals surface area (Å²) in [5, 5.41) is 8.70. The van der Waals surface area contributed by atoms with E-state index in [4.69, 9.17) is 31.1 Å². The maximum atomic E-state index is 14.1. The van der Waals surface area contributed by atoms with E-state index in [0.717, 1.165) is 12.1 Å². The summed E-state index contributed by atoms with van der Waals surface area (Å²) < 4.78 is 30.1. The van der Waals surface area contributed by atoms with Crippen molar-refractivity contribution >= 4 is 29.6 Å². The number of halogens is 2. The second-order valence-electron chi connectivity index (χ2n) is 8.83. The highest BCUT2D eigenvalue weighted by Gasteiger charge is 2.34. The number of hydrogen-bond donors (Lipinski definition) is 0. The monoisotopic (exact) mass is 478 g/mol. The van der Waals surface area contributed by atoms with Crippen LogP contribution in [-0.2, 0) is 16.1 Å². The van der Waals surface area contributed by atoms with Crippen molar-refractivity contribution in [1.82, 2.24) is 9.97 Å². The van der Waals surface area contributed by atoms with Gasteiger partial charge in [-0.15, -0.1) is 0 Å². The van der Waals surface area contributed by atoms with E-state index in [0.29, 0.717) is 4.90 Å². The van der Waals surface area contributed by atoms with Crippen LogP contribution in [0.25, 0.3) is 0 Å². The zero-order chi connectivity index (χ0) is 25.0. The van der Waals surface area contributed by atoms with Gasteiger partial charge in [0, 0.05) is 11.6 Å². The second kappa shape index (κ2) is 10.0. The van der Waals surface area contributed by atoms with Gasteiger partial charge in [0.05, 0.1) is 11.6 Å². The van der Waals surface area contributed by atoms with Crippen molar-refractivity contribution in [2.24, 2.45) is 0 Å². The number of hydrogen-bond acceptors (Lipinski definition) is 8. The Morgan fingerprint density at radius 2 is 1.64 bits per heavy atom. The van der Waals surface area contributed by atoms with Gasteiger partial charge in [0.15, 0.2) is 5.82 Å². The maximum absolute atomic E-state index is 14.1. The van der Waals surface area contributed by atoms with Crippen molar-refractivity contribution < 1.29 is 28.2 Å². The van der Waals surface area contributed by atoms with Crippen molar-refractivity contribution in [2.75, 3.05) is 4.90 Å². The van der Waals surface area contributed by atoms with E-state index in [1.807, 2.05) is 6.07 Å². The number of rotatable bonds is 4. The summed E-state index contributed by atoms with van der Waals surface area (Å²) in [4.78, 5) is 34.1. The molecule has 0 aliphatic carbocycles. The van der Waals surface area contributed by atoms with Gasteiger partial charge in [-0.05, 0) is 53.7 Å². The van der Waals surface area contributed by atoms with Crippen LogP contribution < -0.4 is 9.64 Å². The molecule has 0 bridgehead atoms. The van der Waals surface area contributed by atoms with Crippen molar-refractivity contribution in [3.05, 3.63) is 46.4 Å². The summed E-state index contributed by atoms with van der Waals surface area (Å²) in [6.07, 6.45) is -2.09. The molecule has 0 spiro atoms. The predicted molar refractivity (Wildman–Crippen MR) is 117 cm³/mol. The number of anilines is 1. The number of carbonyl (C=O) groups is 2. The summed E-state index contributed by atoms with van der Waals surface area (Å²) in [7, 11) is 0. The lowest BCUT2D eigenvalue weighted by atomic mass is 10.1. The molecular formula is C22H24ClFN4O5. The largest absolute Gasteiger partial charge is 0.458 e. The summed E-state index contributed by atoms with van der Waals surface area (Å²) in [6, 6.07) is 6.55. The standard InChI is InChI=1S/C22H24ClFN4O5/c1-21(2,3)32-19(29)28(20(30)33-22(4,5)6)17-10-16(23)26-18(27-17)31-12-14-8-7-13(11-25)9-15(14)24/h7-10H,12H2,1-6H3. The normalized spacial score (nSPS) is 11.4. The number of nitriles is 1. The van der Waals surface area contributed by atoms with Crippen LogP contribution in [0.15, 0.2) is 24.3 Å². The molecule has 0 saturated heterocycles. The smallest absolute Gasteiger partial charge is 0.425 e. The highest BCUT2D eigenvalue weighted by molar-refractivity contribution is 6.29. The molecule has 176 valence electrons. The molecule has 33 heavy (non-hydrogen) atoms. The molecular weight excluding hydrogens is 455 g/mol. The Hall–Kier alpha value is -3.45. The van der Waals surface area contributed by atoms with Crippen LogP contribution in [0.3, 0.4) is 0 Å². The van der Waals surface area contributed by atoms with Crippen molar-refractivity contribution in [3.63, 3.8) is 0 Å². The van der Waals surface area contributed by atoms with Gasteiger partial charge in [0.2, 0.25) is 0 Å². The fourth-order valence-corrected chi connectivity index (χ4v) is 2.49. The van der Waals surface area contributed by atoms with Crippen LogP contribution in [0.5, 0.6) is 6.01 Å². The Kier molecular flexibility index (Phi) is 7.82. The Morgan fingerprint density at radius 1 is 1.06 bits per heavy atom. The predicted octanol–water partition coefficient (Wildman–Crippen LogP) is 5.40. The van der Waals surface area contributed by atoms with Crippen molar-refractivity contribution in [1.29, 1.82) is 5.26 Å². The molecule has 0 aliphatic heterocycles. The lowest BCUT2D eigenvalue weighted by Gasteiger charge is -2.28. The Balaban J connectivity index is 2.36. The Bertz CT molecular complexity index is 1060.